The van der Waals surface area contributed by atoms with Crippen molar-refractivity contribution in [2.24, 2.45) is 0 Å². The van der Waals surface area contributed by atoms with Gasteiger partial charge in [0.15, 0.2) is 11.5 Å². The van der Waals surface area contributed by atoms with Crippen molar-refractivity contribution in [2.75, 3.05) is 40.4 Å². The lowest BCUT2D eigenvalue weighted by Gasteiger charge is -2.30. The number of hydrogen-bond donors (Lipinski definition) is 2. The average Bonchev–Trinajstić information content (AvgIpc) is 2.69. The lowest BCUT2D eigenvalue weighted by molar-refractivity contribution is -1.02. The molecular formula is C21H27F3N2O2+2. The first kappa shape index (κ1) is 20.5. The standard InChI is InChI=1S/C21H25F3N2O2/c1-27-19-8-5-17(13-20(19)28-2)15-26-11-9-25(10-12-26)14-16-3-6-18(7-4-16)21(22,23)24/h3-8,13H,9-12,14-15H2,1-2H3/p+2. The second kappa shape index (κ2) is 8.84. The van der Waals surface area contributed by atoms with Crippen molar-refractivity contribution < 1.29 is 32.4 Å². The smallest absolute Gasteiger partial charge is 0.416 e. The van der Waals surface area contributed by atoms with Gasteiger partial charge >= 0.3 is 6.18 Å². The van der Waals surface area contributed by atoms with E-state index >= 15 is 0 Å². The third-order valence-corrected chi connectivity index (χ3v) is 5.30. The van der Waals surface area contributed by atoms with Gasteiger partial charge in [0, 0.05) is 11.1 Å². The van der Waals surface area contributed by atoms with E-state index in [2.05, 4.69) is 6.07 Å². The third kappa shape index (κ3) is 5.17. The fourth-order valence-corrected chi connectivity index (χ4v) is 3.69. The minimum absolute atomic E-state index is 0.588. The van der Waals surface area contributed by atoms with Gasteiger partial charge in [-0.05, 0) is 30.3 Å². The van der Waals surface area contributed by atoms with Crippen LogP contribution in [0, 0.1) is 0 Å². The molecule has 0 aliphatic carbocycles. The molecule has 1 fully saturated rings. The summed E-state index contributed by atoms with van der Waals surface area (Å²) in [7, 11) is 3.26. The zero-order valence-corrected chi connectivity index (χ0v) is 16.2. The lowest BCUT2D eigenvalue weighted by atomic mass is 10.1. The van der Waals surface area contributed by atoms with E-state index in [0.717, 1.165) is 56.3 Å². The molecule has 152 valence electrons. The number of nitrogens with one attached hydrogen (secondary N) is 2. The quantitative estimate of drug-likeness (QED) is 0.768. The average molecular weight is 396 g/mol. The highest BCUT2D eigenvalue weighted by Gasteiger charge is 2.30. The summed E-state index contributed by atoms with van der Waals surface area (Å²) in [6, 6.07) is 11.6. The molecule has 0 radical (unpaired) electrons. The summed E-state index contributed by atoms with van der Waals surface area (Å²) >= 11 is 0. The van der Waals surface area contributed by atoms with Gasteiger partial charge in [-0.25, -0.2) is 0 Å². The maximum Gasteiger partial charge on any atom is 0.416 e. The summed E-state index contributed by atoms with van der Waals surface area (Å²) in [5, 5.41) is 0. The van der Waals surface area contributed by atoms with Gasteiger partial charge in [-0.3, -0.25) is 0 Å². The van der Waals surface area contributed by atoms with Crippen LogP contribution in [0.15, 0.2) is 42.5 Å². The Kier molecular flexibility index (Phi) is 6.46. The van der Waals surface area contributed by atoms with Gasteiger partial charge in [-0.1, -0.05) is 12.1 Å². The molecule has 7 heteroatoms. The van der Waals surface area contributed by atoms with Crippen LogP contribution in [-0.4, -0.2) is 40.4 Å². The Morgan fingerprint density at radius 1 is 0.750 bits per heavy atom. The Morgan fingerprint density at radius 2 is 1.25 bits per heavy atom. The summed E-state index contributed by atoms with van der Waals surface area (Å²) < 4.78 is 48.7. The number of rotatable bonds is 6. The topological polar surface area (TPSA) is 27.3 Å². The number of halogens is 3. The minimum Gasteiger partial charge on any atom is -0.493 e. The number of methoxy groups -OCH3 is 2. The first-order valence-electron chi connectivity index (χ1n) is 9.43. The molecule has 2 aromatic carbocycles. The van der Waals surface area contributed by atoms with E-state index in [1.54, 1.807) is 26.4 Å². The van der Waals surface area contributed by atoms with E-state index in [1.165, 1.54) is 27.5 Å². The molecule has 28 heavy (non-hydrogen) atoms. The minimum atomic E-state index is -4.27. The number of quaternary nitrogens is 2. The van der Waals surface area contributed by atoms with Gasteiger partial charge < -0.3 is 19.3 Å². The molecule has 0 aromatic heterocycles. The van der Waals surface area contributed by atoms with Gasteiger partial charge in [0.25, 0.3) is 0 Å². The number of alkyl halides is 3. The van der Waals surface area contributed by atoms with Crippen molar-refractivity contribution in [3.63, 3.8) is 0 Å². The molecule has 4 nitrogen and oxygen atoms in total. The summed E-state index contributed by atoms with van der Waals surface area (Å²) in [6.45, 7) is 5.76. The van der Waals surface area contributed by atoms with E-state index in [1.807, 2.05) is 12.1 Å². The van der Waals surface area contributed by atoms with Gasteiger partial charge in [-0.2, -0.15) is 13.2 Å². The summed E-state index contributed by atoms with van der Waals surface area (Å²) in [4.78, 5) is 2.92. The second-order valence-corrected chi connectivity index (χ2v) is 7.24. The van der Waals surface area contributed by atoms with Crippen molar-refractivity contribution in [1.29, 1.82) is 0 Å². The molecule has 0 bridgehead atoms. The van der Waals surface area contributed by atoms with Gasteiger partial charge in [-0.15, -0.1) is 0 Å². The Balaban J connectivity index is 1.51. The van der Waals surface area contributed by atoms with Crippen molar-refractivity contribution >= 4 is 0 Å². The lowest BCUT2D eigenvalue weighted by Crippen LogP contribution is -3.27. The van der Waals surface area contributed by atoms with Gasteiger partial charge in [0.1, 0.15) is 39.3 Å². The zero-order valence-electron chi connectivity index (χ0n) is 16.2. The predicted octanol–water partition coefficient (Wildman–Crippen LogP) is 1.21. The van der Waals surface area contributed by atoms with Crippen LogP contribution < -0.4 is 19.3 Å². The van der Waals surface area contributed by atoms with E-state index < -0.39 is 11.7 Å². The van der Waals surface area contributed by atoms with Crippen LogP contribution in [0.4, 0.5) is 13.2 Å². The molecule has 1 saturated heterocycles. The van der Waals surface area contributed by atoms with Gasteiger partial charge in [0.2, 0.25) is 0 Å². The van der Waals surface area contributed by atoms with Crippen molar-refractivity contribution in [2.45, 2.75) is 19.3 Å². The number of hydrogen-bond acceptors (Lipinski definition) is 2. The molecule has 1 aliphatic heterocycles. The maximum absolute atomic E-state index is 12.7. The number of benzene rings is 2. The van der Waals surface area contributed by atoms with E-state index in [-0.39, 0.29) is 0 Å². The Bertz CT molecular complexity index is 770. The normalized spacial score (nSPS) is 20.0. The highest BCUT2D eigenvalue weighted by atomic mass is 19.4. The van der Waals surface area contributed by atoms with E-state index in [4.69, 9.17) is 9.47 Å². The van der Waals surface area contributed by atoms with E-state index in [0.29, 0.717) is 0 Å². The Labute approximate surface area is 163 Å². The molecular weight excluding hydrogens is 369 g/mol. The summed E-state index contributed by atoms with van der Waals surface area (Å²) in [5.41, 5.74) is 1.57. The van der Waals surface area contributed by atoms with Crippen LogP contribution in [0.25, 0.3) is 0 Å². The highest BCUT2D eigenvalue weighted by molar-refractivity contribution is 5.42. The molecule has 0 spiro atoms. The molecule has 0 amide bonds. The first-order chi connectivity index (χ1) is 13.4. The summed E-state index contributed by atoms with van der Waals surface area (Å²) in [5.74, 6) is 1.47. The van der Waals surface area contributed by atoms with Crippen LogP contribution >= 0.6 is 0 Å². The molecule has 3 rings (SSSR count). The SMILES string of the molecule is COc1ccc(C[NH+]2CC[NH+](Cc3ccc(C(F)(F)F)cc3)CC2)cc1OC. The van der Waals surface area contributed by atoms with Crippen LogP contribution in [-0.2, 0) is 19.3 Å². The Morgan fingerprint density at radius 3 is 1.75 bits per heavy atom. The first-order valence-corrected chi connectivity index (χ1v) is 9.43. The van der Waals surface area contributed by atoms with Crippen LogP contribution in [0.1, 0.15) is 16.7 Å². The van der Waals surface area contributed by atoms with Crippen molar-refractivity contribution in [1.82, 2.24) is 0 Å². The van der Waals surface area contributed by atoms with Crippen LogP contribution in [0.3, 0.4) is 0 Å². The monoisotopic (exact) mass is 396 g/mol. The fraction of sp³-hybridized carbons (Fsp3) is 0.429. The largest absolute Gasteiger partial charge is 0.493 e. The Hall–Kier alpha value is -2.25. The zero-order chi connectivity index (χ0) is 20.1. The molecule has 0 unspecified atom stereocenters. The fourth-order valence-electron chi connectivity index (χ4n) is 3.69. The van der Waals surface area contributed by atoms with Gasteiger partial charge in [0.05, 0.1) is 19.8 Å². The molecule has 2 aromatic rings. The van der Waals surface area contributed by atoms with Crippen LogP contribution in [0.2, 0.25) is 0 Å². The third-order valence-electron chi connectivity index (χ3n) is 5.30. The number of piperazine rings is 1. The number of ether oxygens (including phenoxy) is 2. The molecule has 0 saturated carbocycles. The summed E-state index contributed by atoms with van der Waals surface area (Å²) in [6.07, 6.45) is -4.27. The molecule has 2 N–H and O–H groups in total. The predicted molar refractivity (Wildman–Crippen MR) is 99.8 cm³/mol. The van der Waals surface area contributed by atoms with Crippen molar-refractivity contribution in [3.05, 3.63) is 59.2 Å². The molecule has 1 heterocycles. The van der Waals surface area contributed by atoms with Crippen LogP contribution in [0.5, 0.6) is 11.5 Å². The van der Waals surface area contributed by atoms with E-state index in [9.17, 15) is 13.2 Å². The van der Waals surface area contributed by atoms with Crippen molar-refractivity contribution in [3.8, 4) is 11.5 Å². The molecule has 1 aliphatic rings. The second-order valence-electron chi connectivity index (χ2n) is 7.24. The molecule has 0 atom stereocenters. The highest BCUT2D eigenvalue weighted by Crippen LogP contribution is 2.29. The maximum atomic E-state index is 12.7.